The van der Waals surface area contributed by atoms with Crippen molar-refractivity contribution in [2.24, 2.45) is 0 Å². The van der Waals surface area contributed by atoms with Gasteiger partial charge in [0.25, 0.3) is 9.05 Å². The third-order valence-electron chi connectivity index (χ3n) is 1.24. The first-order chi connectivity index (χ1) is 5.91. The predicted molar refractivity (Wildman–Crippen MR) is 44.2 cm³/mol. The summed E-state index contributed by atoms with van der Waals surface area (Å²) >= 11 is 0. The minimum Gasteiger partial charge on any atom is -0.478 e. The van der Waals surface area contributed by atoms with Crippen LogP contribution in [0.2, 0.25) is 0 Å². The summed E-state index contributed by atoms with van der Waals surface area (Å²) in [7, 11) is 1.06. The zero-order valence-electron chi connectivity index (χ0n) is 6.14. The van der Waals surface area contributed by atoms with Crippen LogP contribution in [0, 0.1) is 0 Å². The highest BCUT2D eigenvalue weighted by Crippen LogP contribution is 2.14. The van der Waals surface area contributed by atoms with E-state index in [0.717, 1.165) is 18.5 Å². The standard InChI is InChI=1S/C6H4ClNO4S/c7-13(11,12)5-1-4(6(9)10)2-8-3-5/h1-3H,(H,9,10). The number of carboxylic acids is 1. The number of aromatic nitrogens is 1. The number of halogens is 1. The van der Waals surface area contributed by atoms with E-state index in [4.69, 9.17) is 15.8 Å². The number of hydrogen-bond acceptors (Lipinski definition) is 4. The van der Waals surface area contributed by atoms with E-state index in [1.807, 2.05) is 0 Å². The zero-order valence-corrected chi connectivity index (χ0v) is 7.71. The minimum absolute atomic E-state index is 0.221. The van der Waals surface area contributed by atoms with Crippen LogP contribution in [0.1, 0.15) is 10.4 Å². The van der Waals surface area contributed by atoms with Gasteiger partial charge in [-0.3, -0.25) is 4.98 Å². The van der Waals surface area contributed by atoms with Gasteiger partial charge in [0.2, 0.25) is 0 Å². The Hall–Kier alpha value is -1.14. The van der Waals surface area contributed by atoms with Crippen LogP contribution in [0.15, 0.2) is 23.4 Å². The number of carbonyl (C=O) groups is 1. The van der Waals surface area contributed by atoms with Gasteiger partial charge in [-0.2, -0.15) is 0 Å². The lowest BCUT2D eigenvalue weighted by Crippen LogP contribution is -2.00. The lowest BCUT2D eigenvalue weighted by Gasteiger charge is -1.96. The molecule has 0 bridgehead atoms. The Morgan fingerprint density at radius 1 is 1.46 bits per heavy atom. The van der Waals surface area contributed by atoms with Gasteiger partial charge in [0.05, 0.1) is 5.56 Å². The molecule has 1 aromatic heterocycles. The maximum Gasteiger partial charge on any atom is 0.337 e. The van der Waals surface area contributed by atoms with Gasteiger partial charge in [0.1, 0.15) is 4.90 Å². The molecule has 1 rings (SSSR count). The average molecular weight is 222 g/mol. The molecule has 0 aliphatic carbocycles. The lowest BCUT2D eigenvalue weighted by atomic mass is 10.3. The number of rotatable bonds is 2. The molecule has 0 spiro atoms. The maximum absolute atomic E-state index is 10.7. The summed E-state index contributed by atoms with van der Waals surface area (Å²) in [6.07, 6.45) is 2.02. The molecule has 0 atom stereocenters. The van der Waals surface area contributed by atoms with Crippen molar-refractivity contribution in [3.05, 3.63) is 24.0 Å². The number of aromatic carboxylic acids is 1. The van der Waals surface area contributed by atoms with Gasteiger partial charge in [-0.15, -0.1) is 0 Å². The molecule has 0 aromatic carbocycles. The van der Waals surface area contributed by atoms with Gasteiger partial charge in [-0.05, 0) is 6.07 Å². The Labute approximate surface area is 78.4 Å². The summed E-state index contributed by atoms with van der Waals surface area (Å²) in [6, 6.07) is 0.942. The molecule has 5 nitrogen and oxygen atoms in total. The predicted octanol–water partition coefficient (Wildman–Crippen LogP) is 0.707. The second kappa shape index (κ2) is 3.31. The summed E-state index contributed by atoms with van der Waals surface area (Å²) in [4.78, 5) is 13.5. The Balaban J connectivity index is 3.29. The van der Waals surface area contributed by atoms with E-state index < -0.39 is 15.0 Å². The summed E-state index contributed by atoms with van der Waals surface area (Å²) in [5.74, 6) is -1.25. The quantitative estimate of drug-likeness (QED) is 0.744. The number of hydrogen-bond donors (Lipinski definition) is 1. The van der Waals surface area contributed by atoms with Crippen LogP contribution in [0.4, 0.5) is 0 Å². The minimum atomic E-state index is -3.91. The van der Waals surface area contributed by atoms with Crippen molar-refractivity contribution in [1.82, 2.24) is 4.98 Å². The third kappa shape index (κ3) is 2.40. The van der Waals surface area contributed by atoms with Crippen molar-refractivity contribution in [1.29, 1.82) is 0 Å². The fraction of sp³-hybridized carbons (Fsp3) is 0. The molecular weight excluding hydrogens is 218 g/mol. The van der Waals surface area contributed by atoms with Crippen LogP contribution in [0.3, 0.4) is 0 Å². The zero-order chi connectivity index (χ0) is 10.1. The fourth-order valence-corrected chi connectivity index (χ4v) is 1.38. The second-order valence-corrected chi connectivity index (χ2v) is 4.72. The molecule has 7 heteroatoms. The van der Waals surface area contributed by atoms with E-state index in [0.29, 0.717) is 0 Å². The smallest absolute Gasteiger partial charge is 0.337 e. The molecule has 0 saturated carbocycles. The summed E-state index contributed by atoms with van der Waals surface area (Å²) < 4.78 is 21.5. The van der Waals surface area contributed by atoms with Crippen LogP contribution in [-0.4, -0.2) is 24.5 Å². The van der Waals surface area contributed by atoms with Crippen LogP contribution in [-0.2, 0) is 9.05 Å². The molecule has 70 valence electrons. The Morgan fingerprint density at radius 3 is 2.54 bits per heavy atom. The van der Waals surface area contributed by atoms with Crippen molar-refractivity contribution < 1.29 is 18.3 Å². The van der Waals surface area contributed by atoms with Crippen LogP contribution < -0.4 is 0 Å². The number of carboxylic acid groups (broad SMARTS) is 1. The third-order valence-corrected chi connectivity index (χ3v) is 2.56. The van der Waals surface area contributed by atoms with Gasteiger partial charge >= 0.3 is 5.97 Å². The molecule has 1 N–H and O–H groups in total. The van der Waals surface area contributed by atoms with Crippen molar-refractivity contribution in [3.8, 4) is 0 Å². The molecular formula is C6H4ClNO4S. The van der Waals surface area contributed by atoms with E-state index in [9.17, 15) is 13.2 Å². The first-order valence-corrected chi connectivity index (χ1v) is 5.35. The van der Waals surface area contributed by atoms with Crippen LogP contribution in [0.25, 0.3) is 0 Å². The van der Waals surface area contributed by atoms with Crippen molar-refractivity contribution >= 4 is 25.7 Å². The highest BCUT2D eigenvalue weighted by atomic mass is 35.7. The highest BCUT2D eigenvalue weighted by molar-refractivity contribution is 8.13. The van der Waals surface area contributed by atoms with E-state index in [1.165, 1.54) is 0 Å². The van der Waals surface area contributed by atoms with Crippen LogP contribution in [0.5, 0.6) is 0 Å². The van der Waals surface area contributed by atoms with Gasteiger partial charge in [0.15, 0.2) is 0 Å². The SMILES string of the molecule is O=C(O)c1cncc(S(=O)(=O)Cl)c1. The van der Waals surface area contributed by atoms with Crippen molar-refractivity contribution in [2.75, 3.05) is 0 Å². The van der Waals surface area contributed by atoms with E-state index in [1.54, 1.807) is 0 Å². The van der Waals surface area contributed by atoms with E-state index >= 15 is 0 Å². The Morgan fingerprint density at radius 2 is 2.08 bits per heavy atom. The summed E-state index contributed by atoms with van der Waals surface area (Å²) in [5.41, 5.74) is -0.221. The van der Waals surface area contributed by atoms with E-state index in [-0.39, 0.29) is 10.5 Å². The average Bonchev–Trinajstić information content (AvgIpc) is 2.03. The molecule has 13 heavy (non-hydrogen) atoms. The molecule has 0 amide bonds. The fourth-order valence-electron chi connectivity index (χ4n) is 0.669. The molecule has 0 radical (unpaired) electrons. The topological polar surface area (TPSA) is 84.3 Å². The number of pyridine rings is 1. The summed E-state index contributed by atoms with van der Waals surface area (Å²) in [5, 5.41) is 8.50. The Kier molecular flexibility index (Phi) is 2.53. The highest BCUT2D eigenvalue weighted by Gasteiger charge is 2.13. The monoisotopic (exact) mass is 221 g/mol. The van der Waals surface area contributed by atoms with Gasteiger partial charge in [0, 0.05) is 23.1 Å². The number of nitrogens with zero attached hydrogens (tertiary/aromatic N) is 1. The van der Waals surface area contributed by atoms with Gasteiger partial charge in [-0.25, -0.2) is 13.2 Å². The van der Waals surface area contributed by atoms with Gasteiger partial charge < -0.3 is 5.11 Å². The van der Waals surface area contributed by atoms with Crippen molar-refractivity contribution in [2.45, 2.75) is 4.90 Å². The van der Waals surface area contributed by atoms with Crippen molar-refractivity contribution in [3.63, 3.8) is 0 Å². The maximum atomic E-state index is 10.7. The molecule has 1 aromatic rings. The molecule has 1 heterocycles. The second-order valence-electron chi connectivity index (χ2n) is 2.15. The Bertz CT molecular complexity index is 442. The summed E-state index contributed by atoms with van der Waals surface area (Å²) in [6.45, 7) is 0. The van der Waals surface area contributed by atoms with E-state index in [2.05, 4.69) is 4.98 Å². The van der Waals surface area contributed by atoms with Gasteiger partial charge in [-0.1, -0.05) is 0 Å². The molecule has 0 fully saturated rings. The normalized spacial score (nSPS) is 11.2. The lowest BCUT2D eigenvalue weighted by molar-refractivity contribution is 0.0696. The molecule has 0 unspecified atom stereocenters. The molecule has 0 saturated heterocycles. The molecule has 0 aliphatic rings. The largest absolute Gasteiger partial charge is 0.478 e. The molecule has 0 aliphatic heterocycles. The first-order valence-electron chi connectivity index (χ1n) is 3.04. The van der Waals surface area contributed by atoms with Crippen LogP contribution >= 0.6 is 10.7 Å². The first kappa shape index (κ1) is 9.94.